The van der Waals surface area contributed by atoms with Gasteiger partial charge in [0.25, 0.3) is 0 Å². The van der Waals surface area contributed by atoms with E-state index < -0.39 is 0 Å². The third-order valence-corrected chi connectivity index (χ3v) is 5.47. The summed E-state index contributed by atoms with van der Waals surface area (Å²) in [7, 11) is 0. The molecule has 0 spiro atoms. The van der Waals surface area contributed by atoms with E-state index >= 15 is 0 Å². The molecule has 2 aromatic heterocycles. The summed E-state index contributed by atoms with van der Waals surface area (Å²) in [4.78, 5) is 9.90. The normalized spacial score (nSPS) is 14.3. The monoisotopic (exact) mass is 313 g/mol. The van der Waals surface area contributed by atoms with Crippen LogP contribution in [0.3, 0.4) is 0 Å². The lowest BCUT2D eigenvalue weighted by Gasteiger charge is -2.20. The largest absolute Gasteiger partial charge is 0.326 e. The third-order valence-electron chi connectivity index (χ3n) is 2.74. The van der Waals surface area contributed by atoms with Crippen LogP contribution in [0.4, 0.5) is 0 Å². The standard InChI is InChI=1S/C13H16ClN3S2/c1-3-9(15)12(10-4-5-11(14)18-10)19-13-16-7-6-8(2)17-13/h4-7,9,12H,3,15H2,1-2H3. The average molecular weight is 314 g/mol. The first kappa shape index (κ1) is 14.8. The molecular formula is C13H16ClN3S2. The maximum absolute atomic E-state index is 6.23. The molecule has 6 heteroatoms. The Morgan fingerprint density at radius 3 is 2.79 bits per heavy atom. The quantitative estimate of drug-likeness (QED) is 0.668. The molecule has 102 valence electrons. The predicted octanol–water partition coefficient (Wildman–Crippen LogP) is 4.07. The highest BCUT2D eigenvalue weighted by molar-refractivity contribution is 7.99. The van der Waals surface area contributed by atoms with Gasteiger partial charge in [-0.3, -0.25) is 0 Å². The van der Waals surface area contributed by atoms with Gasteiger partial charge >= 0.3 is 0 Å². The van der Waals surface area contributed by atoms with Crippen molar-refractivity contribution in [2.75, 3.05) is 0 Å². The third kappa shape index (κ3) is 3.92. The molecule has 2 heterocycles. The lowest BCUT2D eigenvalue weighted by atomic mass is 10.1. The van der Waals surface area contributed by atoms with Gasteiger partial charge < -0.3 is 5.73 Å². The van der Waals surface area contributed by atoms with Crippen molar-refractivity contribution in [2.24, 2.45) is 5.73 Å². The molecule has 0 aliphatic carbocycles. The lowest BCUT2D eigenvalue weighted by Crippen LogP contribution is -2.25. The first-order valence-corrected chi connectivity index (χ1v) is 8.14. The highest BCUT2D eigenvalue weighted by Gasteiger charge is 2.22. The number of thioether (sulfide) groups is 1. The Morgan fingerprint density at radius 1 is 1.42 bits per heavy atom. The molecule has 0 aliphatic rings. The number of thiophene rings is 1. The highest BCUT2D eigenvalue weighted by atomic mass is 35.5. The molecule has 0 radical (unpaired) electrons. The minimum Gasteiger partial charge on any atom is -0.326 e. The van der Waals surface area contributed by atoms with Crippen LogP contribution in [0.15, 0.2) is 29.6 Å². The molecule has 0 saturated carbocycles. The van der Waals surface area contributed by atoms with E-state index in [2.05, 4.69) is 16.9 Å². The maximum atomic E-state index is 6.23. The molecular weight excluding hydrogens is 298 g/mol. The van der Waals surface area contributed by atoms with Crippen LogP contribution >= 0.6 is 34.7 Å². The molecule has 19 heavy (non-hydrogen) atoms. The van der Waals surface area contributed by atoms with Crippen LogP contribution in [0, 0.1) is 6.92 Å². The van der Waals surface area contributed by atoms with Gasteiger partial charge in [0.15, 0.2) is 5.16 Å². The second-order valence-electron chi connectivity index (χ2n) is 4.23. The number of aromatic nitrogens is 2. The van der Waals surface area contributed by atoms with Crippen molar-refractivity contribution in [3.63, 3.8) is 0 Å². The van der Waals surface area contributed by atoms with Gasteiger partial charge in [0.2, 0.25) is 0 Å². The van der Waals surface area contributed by atoms with Crippen molar-refractivity contribution >= 4 is 34.7 Å². The fraction of sp³-hybridized carbons (Fsp3) is 0.385. The summed E-state index contributed by atoms with van der Waals surface area (Å²) in [5.74, 6) is 0. The fourth-order valence-electron chi connectivity index (χ4n) is 1.65. The second-order valence-corrected chi connectivity index (χ2v) is 7.09. The van der Waals surface area contributed by atoms with E-state index in [-0.39, 0.29) is 11.3 Å². The second kappa shape index (κ2) is 6.70. The molecule has 2 unspecified atom stereocenters. The molecule has 2 aromatic rings. The molecule has 2 rings (SSSR count). The van der Waals surface area contributed by atoms with Crippen LogP contribution in [0.25, 0.3) is 0 Å². The van der Waals surface area contributed by atoms with Crippen LogP contribution in [-0.4, -0.2) is 16.0 Å². The molecule has 0 saturated heterocycles. The summed E-state index contributed by atoms with van der Waals surface area (Å²) in [5, 5.41) is 0.905. The predicted molar refractivity (Wildman–Crippen MR) is 83.0 cm³/mol. The molecule has 0 amide bonds. The topological polar surface area (TPSA) is 51.8 Å². The first-order chi connectivity index (χ1) is 9.10. The van der Waals surface area contributed by atoms with E-state index in [1.54, 1.807) is 29.3 Å². The number of halogens is 1. The summed E-state index contributed by atoms with van der Waals surface area (Å²) in [5.41, 5.74) is 7.20. The van der Waals surface area contributed by atoms with Gasteiger partial charge in [-0.05, 0) is 31.5 Å². The number of hydrogen-bond donors (Lipinski definition) is 1. The fourth-order valence-corrected chi connectivity index (χ4v) is 4.16. The Hall–Kier alpha value is -0.620. The smallest absolute Gasteiger partial charge is 0.188 e. The molecule has 0 bridgehead atoms. The van der Waals surface area contributed by atoms with E-state index in [0.717, 1.165) is 21.6 Å². The minimum atomic E-state index is 0.0591. The van der Waals surface area contributed by atoms with Crippen LogP contribution < -0.4 is 5.73 Å². The minimum absolute atomic E-state index is 0.0591. The van der Waals surface area contributed by atoms with Gasteiger partial charge in [0.1, 0.15) is 0 Å². The molecule has 0 aliphatic heterocycles. The van der Waals surface area contributed by atoms with Crippen LogP contribution in [0.1, 0.15) is 29.2 Å². The number of hydrogen-bond acceptors (Lipinski definition) is 5. The number of rotatable bonds is 5. The highest BCUT2D eigenvalue weighted by Crippen LogP contribution is 2.40. The molecule has 2 atom stereocenters. The van der Waals surface area contributed by atoms with E-state index in [1.165, 1.54) is 4.88 Å². The van der Waals surface area contributed by atoms with Gasteiger partial charge in [0.05, 0.1) is 9.59 Å². The van der Waals surface area contributed by atoms with Crippen LogP contribution in [-0.2, 0) is 0 Å². The van der Waals surface area contributed by atoms with Crippen LogP contribution in [0.5, 0.6) is 0 Å². The zero-order chi connectivity index (χ0) is 13.8. The molecule has 0 aromatic carbocycles. The van der Waals surface area contributed by atoms with Gasteiger partial charge in [-0.15, -0.1) is 11.3 Å². The zero-order valence-corrected chi connectivity index (χ0v) is 13.2. The molecule has 0 fully saturated rings. The molecule has 2 N–H and O–H groups in total. The lowest BCUT2D eigenvalue weighted by molar-refractivity contribution is 0.638. The van der Waals surface area contributed by atoms with Crippen molar-refractivity contribution in [1.29, 1.82) is 0 Å². The SMILES string of the molecule is CCC(N)C(Sc1nccc(C)n1)c1ccc(Cl)s1. The zero-order valence-electron chi connectivity index (χ0n) is 10.8. The summed E-state index contributed by atoms with van der Waals surface area (Å²) in [6.07, 6.45) is 2.68. The van der Waals surface area contributed by atoms with Gasteiger partial charge in [-0.25, -0.2) is 9.97 Å². The Bertz CT molecular complexity index is 544. The Labute approximate surface area is 126 Å². The maximum Gasteiger partial charge on any atom is 0.188 e. The molecule has 3 nitrogen and oxygen atoms in total. The summed E-state index contributed by atoms with van der Waals surface area (Å²) in [6.45, 7) is 4.05. The van der Waals surface area contributed by atoms with Crippen molar-refractivity contribution in [2.45, 2.75) is 36.7 Å². The number of nitrogens with two attached hydrogens (primary N) is 1. The van der Waals surface area contributed by atoms with Crippen molar-refractivity contribution in [3.8, 4) is 0 Å². The number of nitrogens with zero attached hydrogens (tertiary/aromatic N) is 2. The van der Waals surface area contributed by atoms with Crippen molar-refractivity contribution in [1.82, 2.24) is 9.97 Å². The van der Waals surface area contributed by atoms with Gasteiger partial charge in [-0.1, -0.05) is 30.3 Å². The van der Waals surface area contributed by atoms with Gasteiger partial charge in [-0.2, -0.15) is 0 Å². The van der Waals surface area contributed by atoms with Crippen LogP contribution in [0.2, 0.25) is 4.34 Å². The number of aryl methyl sites for hydroxylation is 1. The summed E-state index contributed by atoms with van der Waals surface area (Å²) in [6, 6.07) is 5.90. The Kier molecular flexibility index (Phi) is 5.21. The van der Waals surface area contributed by atoms with Crippen molar-refractivity contribution < 1.29 is 0 Å². The Balaban J connectivity index is 2.24. The Morgan fingerprint density at radius 2 is 2.21 bits per heavy atom. The van der Waals surface area contributed by atoms with E-state index in [1.807, 2.05) is 25.1 Å². The summed E-state index contributed by atoms with van der Waals surface area (Å²) < 4.78 is 0.786. The van der Waals surface area contributed by atoms with Crippen molar-refractivity contribution in [3.05, 3.63) is 39.3 Å². The summed E-state index contributed by atoms with van der Waals surface area (Å²) >= 11 is 9.20. The van der Waals surface area contributed by atoms with E-state index in [4.69, 9.17) is 17.3 Å². The van der Waals surface area contributed by atoms with E-state index in [0.29, 0.717) is 0 Å². The average Bonchev–Trinajstić information content (AvgIpc) is 2.81. The first-order valence-electron chi connectivity index (χ1n) is 6.07. The van der Waals surface area contributed by atoms with E-state index in [9.17, 15) is 0 Å². The van der Waals surface area contributed by atoms with Gasteiger partial charge in [0, 0.05) is 22.8 Å².